The van der Waals surface area contributed by atoms with Gasteiger partial charge in [-0.25, -0.2) is 0 Å². The lowest BCUT2D eigenvalue weighted by atomic mass is 10.1. The van der Waals surface area contributed by atoms with Crippen molar-refractivity contribution in [1.82, 2.24) is 15.5 Å². The molecule has 0 bridgehead atoms. The average Bonchev–Trinajstić information content (AvgIpc) is 3.09. The maximum absolute atomic E-state index is 12.0. The summed E-state index contributed by atoms with van der Waals surface area (Å²) in [6, 6.07) is 15.5. The van der Waals surface area contributed by atoms with Gasteiger partial charge in [0.1, 0.15) is 0 Å². The second-order valence-electron chi connectivity index (χ2n) is 6.11. The zero-order chi connectivity index (χ0) is 18.4. The predicted molar refractivity (Wildman–Crippen MR) is 101 cm³/mol. The zero-order valence-corrected chi connectivity index (χ0v) is 15.3. The maximum atomic E-state index is 12.0. The number of carbonyl (C=O) groups is 1. The largest absolute Gasteiger partial charge is 0.356 e. The summed E-state index contributed by atoms with van der Waals surface area (Å²) in [4.78, 5) is 16.3. The summed E-state index contributed by atoms with van der Waals surface area (Å²) in [5.74, 6) is 0.971. The van der Waals surface area contributed by atoms with E-state index in [1.54, 1.807) is 0 Å². The minimum atomic E-state index is -0.0395. The number of carbonyl (C=O) groups excluding carboxylic acids is 1. The van der Waals surface area contributed by atoms with Crippen molar-refractivity contribution in [3.05, 3.63) is 70.6 Å². The summed E-state index contributed by atoms with van der Waals surface area (Å²) in [6.45, 7) is 2.58. The number of benzene rings is 2. The minimum Gasteiger partial charge on any atom is -0.356 e. The Morgan fingerprint density at radius 3 is 2.81 bits per heavy atom. The van der Waals surface area contributed by atoms with Crippen LogP contribution in [0, 0.1) is 6.92 Å². The molecule has 0 aliphatic rings. The predicted octanol–water partition coefficient (Wildman–Crippen LogP) is 3.99. The van der Waals surface area contributed by atoms with Crippen LogP contribution in [0.1, 0.15) is 23.4 Å². The van der Waals surface area contributed by atoms with E-state index >= 15 is 0 Å². The van der Waals surface area contributed by atoms with Gasteiger partial charge in [0.15, 0.2) is 0 Å². The van der Waals surface area contributed by atoms with E-state index < -0.39 is 0 Å². The van der Waals surface area contributed by atoms with Crippen molar-refractivity contribution in [2.45, 2.75) is 26.2 Å². The first-order valence-corrected chi connectivity index (χ1v) is 8.89. The average molecular weight is 370 g/mol. The van der Waals surface area contributed by atoms with Crippen LogP contribution in [0.3, 0.4) is 0 Å². The number of halogens is 1. The smallest absolute Gasteiger partial charge is 0.227 e. The Hall–Kier alpha value is -2.66. The highest BCUT2D eigenvalue weighted by atomic mass is 35.5. The molecular weight excluding hydrogens is 350 g/mol. The van der Waals surface area contributed by atoms with Crippen LogP contribution in [0.15, 0.2) is 53.1 Å². The van der Waals surface area contributed by atoms with E-state index in [-0.39, 0.29) is 5.91 Å². The van der Waals surface area contributed by atoms with Crippen LogP contribution in [-0.2, 0) is 17.6 Å². The Bertz CT molecular complexity index is 892. The lowest BCUT2D eigenvalue weighted by Gasteiger charge is -2.04. The van der Waals surface area contributed by atoms with Crippen molar-refractivity contribution in [2.24, 2.45) is 0 Å². The molecule has 3 rings (SSSR count). The van der Waals surface area contributed by atoms with Crippen LogP contribution in [-0.4, -0.2) is 22.6 Å². The van der Waals surface area contributed by atoms with E-state index in [0.717, 1.165) is 23.1 Å². The highest BCUT2D eigenvalue weighted by molar-refractivity contribution is 6.30. The van der Waals surface area contributed by atoms with Gasteiger partial charge in [-0.1, -0.05) is 52.7 Å². The Labute approximate surface area is 157 Å². The number of amides is 1. The van der Waals surface area contributed by atoms with E-state index in [9.17, 15) is 4.79 Å². The molecule has 0 saturated heterocycles. The molecule has 0 unspecified atom stereocenters. The van der Waals surface area contributed by atoms with Crippen molar-refractivity contribution in [2.75, 3.05) is 6.54 Å². The number of aromatic nitrogens is 2. The molecule has 5 nitrogen and oxygen atoms in total. The lowest BCUT2D eigenvalue weighted by Crippen LogP contribution is -2.25. The Balaban J connectivity index is 1.45. The molecule has 2 aromatic carbocycles. The quantitative estimate of drug-likeness (QED) is 0.683. The SMILES string of the molecule is Cc1cccc(-c2noc(CCC(=O)NCCc3cccc(Cl)c3)n2)c1. The number of aryl methyl sites for hydroxylation is 2. The molecule has 0 radical (unpaired) electrons. The van der Waals surface area contributed by atoms with Gasteiger partial charge in [-0.05, 0) is 37.1 Å². The molecule has 0 fully saturated rings. The molecule has 26 heavy (non-hydrogen) atoms. The summed E-state index contributed by atoms with van der Waals surface area (Å²) in [5, 5.41) is 7.58. The van der Waals surface area contributed by atoms with Crippen LogP contribution in [0.25, 0.3) is 11.4 Å². The summed E-state index contributed by atoms with van der Waals surface area (Å²) in [5.41, 5.74) is 3.14. The first-order chi connectivity index (χ1) is 12.6. The van der Waals surface area contributed by atoms with Gasteiger partial charge in [0.25, 0.3) is 0 Å². The zero-order valence-electron chi connectivity index (χ0n) is 14.5. The molecular formula is C20H20ClN3O2. The second-order valence-corrected chi connectivity index (χ2v) is 6.55. The highest BCUT2D eigenvalue weighted by Crippen LogP contribution is 2.17. The first-order valence-electron chi connectivity index (χ1n) is 8.51. The number of nitrogens with zero attached hydrogens (tertiary/aromatic N) is 2. The summed E-state index contributed by atoms with van der Waals surface area (Å²) in [6.07, 6.45) is 1.47. The molecule has 0 aliphatic heterocycles. The number of hydrogen-bond acceptors (Lipinski definition) is 4. The fraction of sp³-hybridized carbons (Fsp3) is 0.250. The highest BCUT2D eigenvalue weighted by Gasteiger charge is 2.10. The van der Waals surface area contributed by atoms with Crippen molar-refractivity contribution in [3.8, 4) is 11.4 Å². The van der Waals surface area contributed by atoms with Gasteiger partial charge in [-0.15, -0.1) is 0 Å². The topological polar surface area (TPSA) is 68.0 Å². The third-order valence-electron chi connectivity index (χ3n) is 3.94. The Kier molecular flexibility index (Phi) is 6.02. The summed E-state index contributed by atoms with van der Waals surface area (Å²) >= 11 is 5.95. The van der Waals surface area contributed by atoms with Crippen LogP contribution in [0.4, 0.5) is 0 Å². The van der Waals surface area contributed by atoms with Gasteiger partial charge in [0, 0.05) is 30.0 Å². The van der Waals surface area contributed by atoms with E-state index in [0.29, 0.717) is 36.1 Å². The normalized spacial score (nSPS) is 10.7. The Morgan fingerprint density at radius 1 is 1.15 bits per heavy atom. The number of hydrogen-bond donors (Lipinski definition) is 1. The molecule has 1 N–H and O–H groups in total. The first kappa shape index (κ1) is 18.1. The molecule has 6 heteroatoms. The van der Waals surface area contributed by atoms with Crippen molar-refractivity contribution < 1.29 is 9.32 Å². The van der Waals surface area contributed by atoms with Gasteiger partial charge in [0.05, 0.1) is 0 Å². The van der Waals surface area contributed by atoms with Gasteiger partial charge >= 0.3 is 0 Å². The second kappa shape index (κ2) is 8.63. The van der Waals surface area contributed by atoms with Gasteiger partial charge in [0.2, 0.25) is 17.6 Å². The molecule has 0 aliphatic carbocycles. The van der Waals surface area contributed by atoms with Gasteiger partial charge in [-0.3, -0.25) is 4.79 Å². The van der Waals surface area contributed by atoms with Crippen LogP contribution in [0.5, 0.6) is 0 Å². The van der Waals surface area contributed by atoms with Crippen LogP contribution >= 0.6 is 11.6 Å². The standard InChI is InChI=1S/C20H20ClN3O2/c1-14-4-2-6-16(12-14)20-23-19(26-24-20)9-8-18(25)22-11-10-15-5-3-7-17(21)13-15/h2-7,12-13H,8-11H2,1H3,(H,22,25). The molecule has 0 saturated carbocycles. The van der Waals surface area contributed by atoms with Crippen molar-refractivity contribution in [1.29, 1.82) is 0 Å². The number of rotatable bonds is 7. The van der Waals surface area contributed by atoms with Crippen molar-refractivity contribution in [3.63, 3.8) is 0 Å². The fourth-order valence-corrected chi connectivity index (χ4v) is 2.82. The van der Waals surface area contributed by atoms with Gasteiger partial charge < -0.3 is 9.84 Å². The molecule has 3 aromatic rings. The monoisotopic (exact) mass is 369 g/mol. The third-order valence-corrected chi connectivity index (χ3v) is 4.17. The molecule has 0 spiro atoms. The summed E-state index contributed by atoms with van der Waals surface area (Å²) in [7, 11) is 0. The summed E-state index contributed by atoms with van der Waals surface area (Å²) < 4.78 is 5.24. The van der Waals surface area contributed by atoms with Crippen molar-refractivity contribution >= 4 is 17.5 Å². The van der Waals surface area contributed by atoms with E-state index in [1.165, 1.54) is 0 Å². The maximum Gasteiger partial charge on any atom is 0.227 e. The number of nitrogens with one attached hydrogen (secondary N) is 1. The molecule has 1 aromatic heterocycles. The molecule has 1 amide bonds. The van der Waals surface area contributed by atoms with Gasteiger partial charge in [-0.2, -0.15) is 4.98 Å². The minimum absolute atomic E-state index is 0.0395. The molecule has 0 atom stereocenters. The van der Waals surface area contributed by atoms with Crippen LogP contribution in [0.2, 0.25) is 5.02 Å². The van der Waals surface area contributed by atoms with E-state index in [1.807, 2.05) is 55.5 Å². The lowest BCUT2D eigenvalue weighted by molar-refractivity contribution is -0.121. The van der Waals surface area contributed by atoms with E-state index in [2.05, 4.69) is 15.5 Å². The fourth-order valence-electron chi connectivity index (χ4n) is 2.61. The van der Waals surface area contributed by atoms with E-state index in [4.69, 9.17) is 16.1 Å². The third kappa shape index (κ3) is 5.17. The molecule has 1 heterocycles. The van der Waals surface area contributed by atoms with Crippen LogP contribution < -0.4 is 5.32 Å². The molecule has 134 valence electrons. The Morgan fingerprint density at radius 2 is 2.00 bits per heavy atom.